The van der Waals surface area contributed by atoms with Crippen LogP contribution in [0.1, 0.15) is 22.8 Å². The van der Waals surface area contributed by atoms with Gasteiger partial charge in [-0.15, -0.1) is 0 Å². The largest absolute Gasteiger partial charge is 0.271 e. The van der Waals surface area contributed by atoms with Crippen molar-refractivity contribution in [3.8, 4) is 0 Å². The molecule has 0 aliphatic carbocycles. The van der Waals surface area contributed by atoms with Gasteiger partial charge in [-0.1, -0.05) is 52.3 Å². The molecule has 2 rings (SSSR count). The number of nitrogens with one attached hydrogen (secondary N) is 1. The first-order valence-corrected chi connectivity index (χ1v) is 7.07. The van der Waals surface area contributed by atoms with Crippen LogP contribution in [0.3, 0.4) is 0 Å². The van der Waals surface area contributed by atoms with E-state index < -0.39 is 0 Å². The van der Waals surface area contributed by atoms with Crippen LogP contribution in [0.5, 0.6) is 0 Å². The van der Waals surface area contributed by atoms with Gasteiger partial charge in [-0.05, 0) is 30.7 Å². The van der Waals surface area contributed by atoms with E-state index in [1.54, 1.807) is 12.1 Å². The monoisotopic (exact) mass is 330 g/mol. The summed E-state index contributed by atoms with van der Waals surface area (Å²) in [5, 5.41) is 4.13. The van der Waals surface area contributed by atoms with Gasteiger partial charge in [-0.25, -0.2) is 5.43 Å². The standard InChI is InChI=1S/C16H15BrN2O/c1-12(10-13-6-3-2-4-7-13)18-19-16(20)14-8-5-9-15(17)11-14/h2-9,11H,10H2,1H3,(H,19,20). The lowest BCUT2D eigenvalue weighted by molar-refractivity contribution is 0.0954. The molecule has 0 bridgehead atoms. The van der Waals surface area contributed by atoms with Crippen LogP contribution < -0.4 is 5.43 Å². The normalized spacial score (nSPS) is 11.2. The number of carbonyl (C=O) groups excluding carboxylic acids is 1. The fourth-order valence-corrected chi connectivity index (χ4v) is 2.17. The van der Waals surface area contributed by atoms with Crippen LogP contribution >= 0.6 is 15.9 Å². The highest BCUT2D eigenvalue weighted by Crippen LogP contribution is 2.11. The van der Waals surface area contributed by atoms with E-state index in [0.29, 0.717) is 5.56 Å². The number of hydrogen-bond donors (Lipinski definition) is 1. The molecule has 102 valence electrons. The van der Waals surface area contributed by atoms with Gasteiger partial charge < -0.3 is 0 Å². The fourth-order valence-electron chi connectivity index (χ4n) is 1.77. The van der Waals surface area contributed by atoms with Crippen molar-refractivity contribution in [1.29, 1.82) is 0 Å². The number of carbonyl (C=O) groups is 1. The molecule has 0 spiro atoms. The molecular weight excluding hydrogens is 316 g/mol. The van der Waals surface area contributed by atoms with Crippen molar-refractivity contribution in [2.24, 2.45) is 5.10 Å². The van der Waals surface area contributed by atoms with E-state index >= 15 is 0 Å². The molecule has 0 fully saturated rings. The highest BCUT2D eigenvalue weighted by Gasteiger charge is 2.04. The molecule has 0 heterocycles. The maximum atomic E-state index is 11.9. The van der Waals surface area contributed by atoms with E-state index in [9.17, 15) is 4.79 Å². The Bertz CT molecular complexity index is 623. The van der Waals surface area contributed by atoms with Crippen molar-refractivity contribution in [2.75, 3.05) is 0 Å². The molecule has 4 heteroatoms. The fraction of sp³-hybridized carbons (Fsp3) is 0.125. The van der Waals surface area contributed by atoms with Gasteiger partial charge in [0.05, 0.1) is 0 Å². The summed E-state index contributed by atoms with van der Waals surface area (Å²) in [4.78, 5) is 11.9. The molecule has 0 aliphatic heterocycles. The molecule has 0 aliphatic rings. The SMILES string of the molecule is CC(Cc1ccccc1)=NNC(=O)c1cccc(Br)c1. The zero-order valence-corrected chi connectivity index (χ0v) is 12.7. The molecule has 0 radical (unpaired) electrons. The van der Waals surface area contributed by atoms with Crippen LogP contribution in [0, 0.1) is 0 Å². The zero-order chi connectivity index (χ0) is 14.4. The van der Waals surface area contributed by atoms with Crippen molar-refractivity contribution in [3.63, 3.8) is 0 Å². The number of nitrogens with zero attached hydrogens (tertiary/aromatic N) is 1. The van der Waals surface area contributed by atoms with Crippen molar-refractivity contribution < 1.29 is 4.79 Å². The second-order valence-corrected chi connectivity index (χ2v) is 5.38. The van der Waals surface area contributed by atoms with Crippen molar-refractivity contribution in [1.82, 2.24) is 5.43 Å². The number of halogens is 1. The van der Waals surface area contributed by atoms with E-state index in [0.717, 1.165) is 16.6 Å². The minimum absolute atomic E-state index is 0.210. The minimum Gasteiger partial charge on any atom is -0.267 e. The molecule has 0 saturated carbocycles. The zero-order valence-electron chi connectivity index (χ0n) is 11.1. The van der Waals surface area contributed by atoms with Gasteiger partial charge in [-0.2, -0.15) is 5.10 Å². The van der Waals surface area contributed by atoms with Crippen molar-refractivity contribution in [2.45, 2.75) is 13.3 Å². The maximum absolute atomic E-state index is 11.9. The molecule has 1 amide bonds. The summed E-state index contributed by atoms with van der Waals surface area (Å²) in [6, 6.07) is 17.2. The number of benzene rings is 2. The molecule has 0 aromatic heterocycles. The van der Waals surface area contributed by atoms with E-state index in [-0.39, 0.29) is 5.91 Å². The van der Waals surface area contributed by atoms with Gasteiger partial charge in [0.15, 0.2) is 0 Å². The molecule has 1 N–H and O–H groups in total. The highest BCUT2D eigenvalue weighted by atomic mass is 79.9. The first-order chi connectivity index (χ1) is 9.65. The van der Waals surface area contributed by atoms with Crippen LogP contribution in [0.2, 0.25) is 0 Å². The van der Waals surface area contributed by atoms with Crippen molar-refractivity contribution >= 4 is 27.5 Å². The molecule has 0 unspecified atom stereocenters. The Morgan fingerprint density at radius 2 is 1.90 bits per heavy atom. The summed E-state index contributed by atoms with van der Waals surface area (Å²) in [5.41, 5.74) is 5.19. The van der Waals surface area contributed by atoms with Crippen LogP contribution in [0.25, 0.3) is 0 Å². The summed E-state index contributed by atoms with van der Waals surface area (Å²) in [5.74, 6) is -0.210. The van der Waals surface area contributed by atoms with Crippen LogP contribution in [0.15, 0.2) is 64.2 Å². The summed E-state index contributed by atoms with van der Waals surface area (Å²) >= 11 is 3.34. The predicted octanol–water partition coefficient (Wildman–Crippen LogP) is 3.80. The maximum Gasteiger partial charge on any atom is 0.271 e. The van der Waals surface area contributed by atoms with Crippen molar-refractivity contribution in [3.05, 3.63) is 70.2 Å². The average molecular weight is 331 g/mol. The van der Waals surface area contributed by atoms with Crippen LogP contribution in [-0.2, 0) is 6.42 Å². The second kappa shape index (κ2) is 7.01. The Morgan fingerprint density at radius 1 is 1.15 bits per heavy atom. The topological polar surface area (TPSA) is 41.5 Å². The lowest BCUT2D eigenvalue weighted by Gasteiger charge is -2.03. The van der Waals surface area contributed by atoms with E-state index in [1.807, 2.05) is 49.4 Å². The molecular formula is C16H15BrN2O. The molecule has 2 aromatic carbocycles. The number of amides is 1. The summed E-state index contributed by atoms with van der Waals surface area (Å²) < 4.78 is 0.870. The van der Waals surface area contributed by atoms with Gasteiger partial charge in [0, 0.05) is 22.2 Å². The number of rotatable bonds is 4. The Morgan fingerprint density at radius 3 is 2.60 bits per heavy atom. The summed E-state index contributed by atoms with van der Waals surface area (Å²) in [6.07, 6.45) is 0.722. The quantitative estimate of drug-likeness (QED) is 0.672. The molecule has 2 aromatic rings. The molecule has 3 nitrogen and oxygen atoms in total. The Kier molecular flexibility index (Phi) is 5.07. The lowest BCUT2D eigenvalue weighted by atomic mass is 10.1. The van der Waals surface area contributed by atoms with Gasteiger partial charge >= 0.3 is 0 Å². The van der Waals surface area contributed by atoms with E-state index in [2.05, 4.69) is 26.5 Å². The molecule has 0 saturated heterocycles. The summed E-state index contributed by atoms with van der Waals surface area (Å²) in [7, 11) is 0. The van der Waals surface area contributed by atoms with Gasteiger partial charge in [0.1, 0.15) is 0 Å². The molecule has 0 atom stereocenters. The number of hydrogen-bond acceptors (Lipinski definition) is 2. The third-order valence-corrected chi connectivity index (χ3v) is 3.23. The third-order valence-electron chi connectivity index (χ3n) is 2.74. The smallest absolute Gasteiger partial charge is 0.267 e. The minimum atomic E-state index is -0.210. The Hall–Kier alpha value is -1.94. The van der Waals surface area contributed by atoms with Crippen LogP contribution in [0.4, 0.5) is 0 Å². The van der Waals surface area contributed by atoms with Gasteiger partial charge in [0.2, 0.25) is 0 Å². The third kappa shape index (κ3) is 4.31. The van der Waals surface area contributed by atoms with E-state index in [4.69, 9.17) is 0 Å². The lowest BCUT2D eigenvalue weighted by Crippen LogP contribution is -2.19. The first-order valence-electron chi connectivity index (χ1n) is 6.28. The van der Waals surface area contributed by atoms with Gasteiger partial charge in [0.25, 0.3) is 5.91 Å². The number of hydrazone groups is 1. The Balaban J connectivity index is 1.96. The second-order valence-electron chi connectivity index (χ2n) is 4.46. The average Bonchev–Trinajstić information content (AvgIpc) is 2.46. The van der Waals surface area contributed by atoms with Crippen LogP contribution in [-0.4, -0.2) is 11.6 Å². The Labute approximate surface area is 126 Å². The first kappa shape index (κ1) is 14.5. The van der Waals surface area contributed by atoms with E-state index in [1.165, 1.54) is 5.56 Å². The highest BCUT2D eigenvalue weighted by molar-refractivity contribution is 9.10. The predicted molar refractivity (Wildman–Crippen MR) is 84.9 cm³/mol. The summed E-state index contributed by atoms with van der Waals surface area (Å²) in [6.45, 7) is 1.90. The molecule has 20 heavy (non-hydrogen) atoms. The van der Waals surface area contributed by atoms with Gasteiger partial charge in [-0.3, -0.25) is 4.79 Å².